The third kappa shape index (κ3) is 12.2. The first-order valence-electron chi connectivity index (χ1n) is 19.2. The van der Waals surface area contributed by atoms with Gasteiger partial charge in [-0.2, -0.15) is 0 Å². The lowest BCUT2D eigenvalue weighted by atomic mass is 9.88. The molecule has 3 atom stereocenters. The number of esters is 1. The first-order chi connectivity index (χ1) is 27.9. The molecule has 0 spiro atoms. The molecule has 58 heavy (non-hydrogen) atoms. The fourth-order valence-corrected chi connectivity index (χ4v) is 7.00. The van der Waals surface area contributed by atoms with Crippen LogP contribution in [0.25, 0.3) is 11.1 Å². The van der Waals surface area contributed by atoms with Gasteiger partial charge >= 0.3 is 18.0 Å². The SMILES string of the molecule is CC(C)C[C@H](CC(=O)[C@H](Cc1ccc(OCC(=O)O)cc1)NC(=O)[C@H](CCC(=O)OCc1ccccc1)NC(=O)OCC1c2ccccc2-c2ccccc21)C(N)=O. The average molecular weight is 792 g/mol. The minimum Gasteiger partial charge on any atom is -0.482 e. The van der Waals surface area contributed by atoms with Gasteiger partial charge in [0.25, 0.3) is 0 Å². The summed E-state index contributed by atoms with van der Waals surface area (Å²) in [6.45, 7) is 3.25. The number of Topliss-reactive ketones (excluding diaryl/α,β-unsaturated/α-hetero) is 1. The largest absolute Gasteiger partial charge is 0.482 e. The maximum Gasteiger partial charge on any atom is 0.407 e. The van der Waals surface area contributed by atoms with Crippen LogP contribution in [0.15, 0.2) is 103 Å². The van der Waals surface area contributed by atoms with Crippen molar-refractivity contribution in [1.29, 1.82) is 0 Å². The Morgan fingerprint density at radius 3 is 1.97 bits per heavy atom. The number of nitrogens with one attached hydrogen (secondary N) is 2. The number of rotatable bonds is 21. The molecule has 1 aliphatic rings. The molecular formula is C45H49N3O10. The number of carbonyl (C=O) groups is 6. The molecular weight excluding hydrogens is 743 g/mol. The monoisotopic (exact) mass is 791 g/mol. The lowest BCUT2D eigenvalue weighted by molar-refractivity contribution is -0.145. The van der Waals surface area contributed by atoms with E-state index in [1.165, 1.54) is 12.1 Å². The Morgan fingerprint density at radius 1 is 0.741 bits per heavy atom. The Labute approximate surface area is 337 Å². The van der Waals surface area contributed by atoms with Gasteiger partial charge < -0.3 is 35.7 Å². The van der Waals surface area contributed by atoms with Crippen LogP contribution < -0.4 is 21.1 Å². The summed E-state index contributed by atoms with van der Waals surface area (Å²) in [7, 11) is 0. The predicted molar refractivity (Wildman–Crippen MR) is 214 cm³/mol. The second kappa shape index (κ2) is 20.6. The normalized spacial score (nSPS) is 13.3. The Kier molecular flexibility index (Phi) is 15.1. The zero-order chi connectivity index (χ0) is 41.6. The van der Waals surface area contributed by atoms with Gasteiger partial charge in [-0.15, -0.1) is 0 Å². The highest BCUT2D eigenvalue weighted by Gasteiger charge is 2.32. The van der Waals surface area contributed by atoms with Crippen molar-refractivity contribution in [3.63, 3.8) is 0 Å². The van der Waals surface area contributed by atoms with E-state index < -0.39 is 60.2 Å². The molecule has 4 aromatic carbocycles. The van der Waals surface area contributed by atoms with Crippen molar-refractivity contribution in [3.05, 3.63) is 125 Å². The number of nitrogens with two attached hydrogens (primary N) is 1. The molecule has 0 saturated heterocycles. The Hall–Kier alpha value is -6.50. The van der Waals surface area contributed by atoms with Gasteiger partial charge in [0.05, 0.1) is 6.04 Å². The molecule has 3 amide bonds. The molecule has 1 aliphatic carbocycles. The van der Waals surface area contributed by atoms with E-state index in [0.717, 1.165) is 27.8 Å². The molecule has 13 nitrogen and oxygen atoms in total. The van der Waals surface area contributed by atoms with Gasteiger partial charge in [-0.1, -0.05) is 105 Å². The summed E-state index contributed by atoms with van der Waals surface area (Å²) < 4.78 is 16.4. The molecule has 5 rings (SSSR count). The number of amides is 3. The number of hydrogen-bond donors (Lipinski definition) is 4. The first-order valence-corrected chi connectivity index (χ1v) is 19.2. The quantitative estimate of drug-likeness (QED) is 0.0758. The van der Waals surface area contributed by atoms with Gasteiger partial charge in [0.1, 0.15) is 25.0 Å². The van der Waals surface area contributed by atoms with Crippen LogP contribution in [-0.2, 0) is 46.5 Å². The lowest BCUT2D eigenvalue weighted by Gasteiger charge is -2.24. The fraction of sp³-hybridized carbons (Fsp3) is 0.333. The number of carboxylic acid groups (broad SMARTS) is 1. The van der Waals surface area contributed by atoms with Crippen molar-refractivity contribution in [2.75, 3.05) is 13.2 Å². The highest BCUT2D eigenvalue weighted by atomic mass is 16.5. The summed E-state index contributed by atoms with van der Waals surface area (Å²) in [4.78, 5) is 77.7. The van der Waals surface area contributed by atoms with Crippen molar-refractivity contribution in [2.45, 2.75) is 70.6 Å². The summed E-state index contributed by atoms with van der Waals surface area (Å²) in [6.07, 6.45) is -1.23. The second-order valence-corrected chi connectivity index (χ2v) is 14.7. The van der Waals surface area contributed by atoms with Crippen LogP contribution in [0, 0.1) is 11.8 Å². The number of carbonyl (C=O) groups excluding carboxylic acids is 5. The van der Waals surface area contributed by atoms with Crippen LogP contribution in [-0.4, -0.2) is 66.0 Å². The van der Waals surface area contributed by atoms with E-state index in [0.29, 0.717) is 12.0 Å². The van der Waals surface area contributed by atoms with Crippen LogP contribution in [0.1, 0.15) is 67.7 Å². The highest BCUT2D eigenvalue weighted by Crippen LogP contribution is 2.44. The van der Waals surface area contributed by atoms with Crippen LogP contribution in [0.4, 0.5) is 4.79 Å². The molecule has 304 valence electrons. The number of hydrogen-bond acceptors (Lipinski definition) is 9. The van der Waals surface area contributed by atoms with E-state index in [4.69, 9.17) is 25.1 Å². The number of primary amides is 1. The highest BCUT2D eigenvalue weighted by molar-refractivity contribution is 5.94. The number of carboxylic acids is 1. The van der Waals surface area contributed by atoms with Crippen molar-refractivity contribution in [3.8, 4) is 16.9 Å². The van der Waals surface area contributed by atoms with E-state index >= 15 is 0 Å². The molecule has 0 saturated carbocycles. The third-order valence-corrected chi connectivity index (χ3v) is 9.87. The molecule has 0 fully saturated rings. The van der Waals surface area contributed by atoms with Crippen molar-refractivity contribution >= 4 is 35.6 Å². The molecule has 0 aliphatic heterocycles. The number of alkyl carbamates (subject to hydrolysis) is 1. The lowest BCUT2D eigenvalue weighted by Crippen LogP contribution is -2.53. The third-order valence-electron chi connectivity index (χ3n) is 9.87. The maximum atomic E-state index is 14.1. The first kappa shape index (κ1) is 42.6. The second-order valence-electron chi connectivity index (χ2n) is 14.7. The van der Waals surface area contributed by atoms with Crippen LogP contribution in [0.2, 0.25) is 0 Å². The Bertz CT molecular complexity index is 2020. The van der Waals surface area contributed by atoms with Gasteiger partial charge in [-0.3, -0.25) is 19.2 Å². The molecule has 4 aromatic rings. The standard InChI is InChI=1S/C45H49N3O10/c1-28(2)22-31(43(46)53)24-40(49)39(23-29-16-18-32(19-17-29)56-27-41(50)51)47-44(54)38(20-21-42(52)57-25-30-10-4-3-5-11-30)48-45(55)58-26-37-35-14-8-6-12-33(35)34-13-7-9-15-36(34)37/h3-19,28,31,37-39H,20-27H2,1-2H3,(H2,46,53)(H,47,54)(H,48,55)(H,50,51)/t31-,38+,39+/m1/s1. The minimum atomic E-state index is -1.33. The van der Waals surface area contributed by atoms with E-state index in [-0.39, 0.29) is 56.5 Å². The summed E-state index contributed by atoms with van der Waals surface area (Å²) in [5, 5.41) is 14.3. The molecule has 5 N–H and O–H groups in total. The van der Waals surface area contributed by atoms with Crippen molar-refractivity contribution in [1.82, 2.24) is 10.6 Å². The van der Waals surface area contributed by atoms with Gasteiger partial charge in [-0.25, -0.2) is 9.59 Å². The van der Waals surface area contributed by atoms with Crippen LogP contribution >= 0.6 is 0 Å². The maximum absolute atomic E-state index is 14.1. The zero-order valence-electron chi connectivity index (χ0n) is 32.6. The fourth-order valence-electron chi connectivity index (χ4n) is 7.00. The zero-order valence-corrected chi connectivity index (χ0v) is 32.6. The number of fused-ring (bicyclic) bond motifs is 3. The molecule has 0 unspecified atom stereocenters. The summed E-state index contributed by atoms with van der Waals surface area (Å²) in [5.41, 5.74) is 11.1. The van der Waals surface area contributed by atoms with Gasteiger partial charge in [0.2, 0.25) is 11.8 Å². The van der Waals surface area contributed by atoms with Crippen LogP contribution in [0.3, 0.4) is 0 Å². The molecule has 13 heteroatoms. The van der Waals surface area contributed by atoms with Crippen LogP contribution in [0.5, 0.6) is 5.75 Å². The van der Waals surface area contributed by atoms with Crippen molar-refractivity contribution in [2.24, 2.45) is 17.6 Å². The average Bonchev–Trinajstić information content (AvgIpc) is 3.53. The van der Waals surface area contributed by atoms with E-state index in [1.54, 1.807) is 24.3 Å². The topological polar surface area (TPSA) is 200 Å². The smallest absolute Gasteiger partial charge is 0.407 e. The summed E-state index contributed by atoms with van der Waals surface area (Å²) >= 11 is 0. The summed E-state index contributed by atoms with van der Waals surface area (Å²) in [6, 6.07) is 28.6. The molecule has 0 aromatic heterocycles. The predicted octanol–water partition coefficient (Wildman–Crippen LogP) is 5.72. The van der Waals surface area contributed by atoms with E-state index in [9.17, 15) is 28.8 Å². The van der Waals surface area contributed by atoms with Gasteiger partial charge in [0.15, 0.2) is 12.4 Å². The molecule has 0 bridgehead atoms. The van der Waals surface area contributed by atoms with E-state index in [2.05, 4.69) is 10.6 Å². The molecule has 0 heterocycles. The minimum absolute atomic E-state index is 0.0183. The Balaban J connectivity index is 1.33. The van der Waals surface area contributed by atoms with Gasteiger partial charge in [0, 0.05) is 24.7 Å². The number of benzene rings is 4. The van der Waals surface area contributed by atoms with E-state index in [1.807, 2.05) is 80.6 Å². The number of aliphatic carboxylic acids is 1. The van der Waals surface area contributed by atoms with Crippen molar-refractivity contribution < 1.29 is 48.1 Å². The number of ketones is 1. The molecule has 0 radical (unpaired) electrons. The summed E-state index contributed by atoms with van der Waals surface area (Å²) in [5.74, 6) is -4.30. The van der Waals surface area contributed by atoms with Gasteiger partial charge in [-0.05, 0) is 70.7 Å². The number of ether oxygens (including phenoxy) is 3. The Morgan fingerprint density at radius 2 is 1.36 bits per heavy atom.